The van der Waals surface area contributed by atoms with Gasteiger partial charge < -0.3 is 10.0 Å². The van der Waals surface area contributed by atoms with Crippen LogP contribution in [0.3, 0.4) is 0 Å². The molecule has 1 heterocycles. The van der Waals surface area contributed by atoms with E-state index in [1.165, 1.54) is 29.2 Å². The van der Waals surface area contributed by atoms with Crippen LogP contribution in [0.5, 0.6) is 0 Å². The van der Waals surface area contributed by atoms with Crippen molar-refractivity contribution in [3.8, 4) is 0 Å². The van der Waals surface area contributed by atoms with Crippen LogP contribution in [0.15, 0.2) is 43.0 Å². The molecular weight excluding hydrogens is 304 g/mol. The number of carboxylic acid groups (broad SMARTS) is 1. The summed E-state index contributed by atoms with van der Waals surface area (Å²) in [6.07, 6.45) is 4.95. The number of carbonyl (C=O) groups excluding carboxylic acids is 1. The fraction of sp³-hybridized carbons (Fsp3) is 0.294. The van der Waals surface area contributed by atoms with E-state index >= 15 is 0 Å². The van der Waals surface area contributed by atoms with Crippen LogP contribution in [0.4, 0.5) is 8.78 Å². The molecule has 0 aliphatic carbocycles. The molecule has 0 aromatic heterocycles. The molecule has 0 spiro atoms. The second kappa shape index (κ2) is 7.17. The molecule has 1 saturated heterocycles. The Kier molecular flexibility index (Phi) is 5.26. The highest BCUT2D eigenvalue weighted by Crippen LogP contribution is 2.37. The number of hydrogen-bond donors (Lipinski definition) is 1. The zero-order valence-corrected chi connectivity index (χ0v) is 12.4. The third-order valence-electron chi connectivity index (χ3n) is 3.77. The van der Waals surface area contributed by atoms with E-state index in [-0.39, 0.29) is 12.3 Å². The predicted octanol–water partition coefficient (Wildman–Crippen LogP) is 3.21. The number of carbonyl (C=O) groups is 2. The number of halogens is 2. The van der Waals surface area contributed by atoms with E-state index in [4.69, 9.17) is 5.11 Å². The Morgan fingerprint density at radius 2 is 1.91 bits per heavy atom. The number of benzene rings is 1. The molecule has 122 valence electrons. The van der Waals surface area contributed by atoms with Gasteiger partial charge in [-0.15, -0.1) is 6.58 Å². The summed E-state index contributed by atoms with van der Waals surface area (Å²) in [5, 5.41) is 8.75. The van der Waals surface area contributed by atoms with E-state index in [0.29, 0.717) is 18.4 Å². The van der Waals surface area contributed by atoms with E-state index < -0.39 is 29.7 Å². The van der Waals surface area contributed by atoms with Crippen LogP contribution in [-0.2, 0) is 9.59 Å². The maximum atomic E-state index is 13.5. The standard InChI is InChI=1S/C17H17F2NO3/c1-2-3-16(21)20-14(5-7-17(22)23)4-6-15(20)11-8-12(18)10-13(19)9-11/h2,5,7-10,14-15H,1,3-4,6H2,(H,22,23)/t14-,15+/m1/s1. The van der Waals surface area contributed by atoms with E-state index in [1.54, 1.807) is 0 Å². The van der Waals surface area contributed by atoms with Crippen molar-refractivity contribution >= 4 is 11.9 Å². The summed E-state index contributed by atoms with van der Waals surface area (Å²) in [6, 6.07) is 2.26. The first-order valence-electron chi connectivity index (χ1n) is 7.21. The zero-order valence-electron chi connectivity index (χ0n) is 12.4. The molecule has 1 aromatic carbocycles. The molecule has 23 heavy (non-hydrogen) atoms. The van der Waals surface area contributed by atoms with Crippen molar-refractivity contribution < 1.29 is 23.5 Å². The number of hydrogen-bond acceptors (Lipinski definition) is 2. The Bertz CT molecular complexity index is 637. The Morgan fingerprint density at radius 1 is 1.26 bits per heavy atom. The van der Waals surface area contributed by atoms with Crippen molar-refractivity contribution in [1.82, 2.24) is 4.90 Å². The number of nitrogens with zero attached hydrogens (tertiary/aromatic N) is 1. The fourth-order valence-corrected chi connectivity index (χ4v) is 2.90. The van der Waals surface area contributed by atoms with E-state index in [1.807, 2.05) is 0 Å². The van der Waals surface area contributed by atoms with Crippen LogP contribution >= 0.6 is 0 Å². The molecular formula is C17H17F2NO3. The van der Waals surface area contributed by atoms with Crippen LogP contribution in [0.25, 0.3) is 0 Å². The Balaban J connectivity index is 2.35. The lowest BCUT2D eigenvalue weighted by molar-refractivity contribution is -0.133. The summed E-state index contributed by atoms with van der Waals surface area (Å²) < 4.78 is 26.9. The molecule has 0 radical (unpaired) electrons. The largest absolute Gasteiger partial charge is 0.478 e. The lowest BCUT2D eigenvalue weighted by Gasteiger charge is -2.29. The number of rotatable bonds is 5. The normalized spacial score (nSPS) is 20.9. The smallest absolute Gasteiger partial charge is 0.328 e. The molecule has 6 heteroatoms. The maximum absolute atomic E-state index is 13.5. The first kappa shape index (κ1) is 16.9. The van der Waals surface area contributed by atoms with Gasteiger partial charge in [0, 0.05) is 18.6 Å². The minimum absolute atomic E-state index is 0.0751. The van der Waals surface area contributed by atoms with Gasteiger partial charge in [-0.05, 0) is 30.5 Å². The monoisotopic (exact) mass is 321 g/mol. The Hall–Kier alpha value is -2.50. The second-order valence-electron chi connectivity index (χ2n) is 5.35. The van der Waals surface area contributed by atoms with E-state index in [9.17, 15) is 18.4 Å². The van der Waals surface area contributed by atoms with Gasteiger partial charge in [0.15, 0.2) is 0 Å². The van der Waals surface area contributed by atoms with Gasteiger partial charge in [0.2, 0.25) is 5.91 Å². The molecule has 1 amide bonds. The summed E-state index contributed by atoms with van der Waals surface area (Å²) in [5.41, 5.74) is 0.367. The SMILES string of the molecule is C=CCC(=O)N1[C@@H](C=CC(=O)O)CC[C@H]1c1cc(F)cc(F)c1. The zero-order chi connectivity index (χ0) is 17.0. The molecule has 1 aromatic rings. The predicted molar refractivity (Wildman–Crippen MR) is 80.6 cm³/mol. The van der Waals surface area contributed by atoms with Gasteiger partial charge in [-0.2, -0.15) is 0 Å². The van der Waals surface area contributed by atoms with Crippen LogP contribution in [-0.4, -0.2) is 27.9 Å². The van der Waals surface area contributed by atoms with Gasteiger partial charge in [-0.25, -0.2) is 13.6 Å². The fourth-order valence-electron chi connectivity index (χ4n) is 2.90. The molecule has 0 saturated carbocycles. The average molecular weight is 321 g/mol. The lowest BCUT2D eigenvalue weighted by Crippen LogP contribution is -2.36. The van der Waals surface area contributed by atoms with Crippen molar-refractivity contribution in [3.63, 3.8) is 0 Å². The van der Waals surface area contributed by atoms with Crippen molar-refractivity contribution in [2.45, 2.75) is 31.3 Å². The lowest BCUT2D eigenvalue weighted by atomic mass is 10.0. The van der Waals surface area contributed by atoms with Crippen molar-refractivity contribution in [2.24, 2.45) is 0 Å². The minimum atomic E-state index is -1.11. The molecule has 4 nitrogen and oxygen atoms in total. The van der Waals surface area contributed by atoms with E-state index in [2.05, 4.69) is 6.58 Å². The number of aliphatic carboxylic acids is 1. The quantitative estimate of drug-likeness (QED) is 0.669. The number of likely N-dealkylation sites (tertiary alicyclic amines) is 1. The highest BCUT2D eigenvalue weighted by Gasteiger charge is 2.36. The molecule has 1 aliphatic rings. The van der Waals surface area contributed by atoms with Gasteiger partial charge in [-0.1, -0.05) is 12.2 Å². The topological polar surface area (TPSA) is 57.6 Å². The first-order valence-corrected chi connectivity index (χ1v) is 7.21. The average Bonchev–Trinajstić information content (AvgIpc) is 2.88. The van der Waals surface area contributed by atoms with E-state index in [0.717, 1.165) is 12.1 Å². The first-order chi connectivity index (χ1) is 10.9. The molecule has 2 atom stereocenters. The summed E-state index contributed by atoms with van der Waals surface area (Å²) in [5.74, 6) is -2.78. The third-order valence-corrected chi connectivity index (χ3v) is 3.77. The number of carboxylic acids is 1. The second-order valence-corrected chi connectivity index (χ2v) is 5.35. The van der Waals surface area contributed by atoms with Gasteiger partial charge in [0.1, 0.15) is 11.6 Å². The number of amides is 1. The van der Waals surface area contributed by atoms with Crippen LogP contribution in [0.1, 0.15) is 30.9 Å². The molecule has 0 unspecified atom stereocenters. The van der Waals surface area contributed by atoms with Crippen LogP contribution < -0.4 is 0 Å². The molecule has 1 aliphatic heterocycles. The van der Waals surface area contributed by atoms with Gasteiger partial charge in [0.25, 0.3) is 0 Å². The molecule has 2 rings (SSSR count). The highest BCUT2D eigenvalue weighted by atomic mass is 19.1. The Labute approximate surface area is 132 Å². The molecule has 0 bridgehead atoms. The summed E-state index contributed by atoms with van der Waals surface area (Å²) in [4.78, 5) is 24.5. The third kappa shape index (κ3) is 4.03. The van der Waals surface area contributed by atoms with Gasteiger partial charge in [-0.3, -0.25) is 4.79 Å². The molecule has 1 fully saturated rings. The minimum Gasteiger partial charge on any atom is -0.478 e. The van der Waals surface area contributed by atoms with Crippen molar-refractivity contribution in [3.05, 3.63) is 60.2 Å². The maximum Gasteiger partial charge on any atom is 0.328 e. The Morgan fingerprint density at radius 3 is 2.48 bits per heavy atom. The van der Waals surface area contributed by atoms with Crippen molar-refractivity contribution in [1.29, 1.82) is 0 Å². The van der Waals surface area contributed by atoms with Crippen molar-refractivity contribution in [2.75, 3.05) is 0 Å². The van der Waals surface area contributed by atoms with Crippen LogP contribution in [0, 0.1) is 11.6 Å². The van der Waals surface area contributed by atoms with Gasteiger partial charge >= 0.3 is 5.97 Å². The highest BCUT2D eigenvalue weighted by molar-refractivity contribution is 5.81. The van der Waals surface area contributed by atoms with Crippen LogP contribution in [0.2, 0.25) is 0 Å². The molecule has 1 N–H and O–H groups in total. The van der Waals surface area contributed by atoms with Gasteiger partial charge in [0.05, 0.1) is 12.1 Å². The summed E-state index contributed by atoms with van der Waals surface area (Å²) in [7, 11) is 0. The summed E-state index contributed by atoms with van der Waals surface area (Å²) >= 11 is 0. The summed E-state index contributed by atoms with van der Waals surface area (Å²) in [6.45, 7) is 3.52.